The van der Waals surface area contributed by atoms with E-state index in [1.165, 1.54) is 12.8 Å². The smallest absolute Gasteiger partial charge is 0.0210 e. The maximum atomic E-state index is 3.72. The molecule has 1 aliphatic heterocycles. The molecule has 2 N–H and O–H groups in total. The molecule has 1 atom stereocenters. The van der Waals surface area contributed by atoms with Gasteiger partial charge in [-0.05, 0) is 38.0 Å². The van der Waals surface area contributed by atoms with Crippen LogP contribution in [0.1, 0.15) is 54.4 Å². The Balaban J connectivity index is 2.29. The minimum absolute atomic E-state index is 0.319. The van der Waals surface area contributed by atoms with E-state index in [0.717, 1.165) is 19.0 Å². The van der Waals surface area contributed by atoms with Gasteiger partial charge in [0, 0.05) is 24.7 Å². The van der Waals surface area contributed by atoms with E-state index in [4.69, 9.17) is 0 Å². The van der Waals surface area contributed by atoms with Crippen LogP contribution in [0.5, 0.6) is 0 Å². The van der Waals surface area contributed by atoms with Crippen LogP contribution < -0.4 is 10.6 Å². The van der Waals surface area contributed by atoms with Gasteiger partial charge < -0.3 is 10.6 Å². The summed E-state index contributed by atoms with van der Waals surface area (Å²) in [6, 6.07) is 0.654. The standard InChI is InChI=1S/C14H30N2/c1-11(2)7-13(3,4)10-15-12-8-14(5,6)16-9-12/h11-12,15-16H,7-10H2,1-6H3. The first-order valence-electron chi connectivity index (χ1n) is 6.69. The lowest BCUT2D eigenvalue weighted by Crippen LogP contribution is -2.38. The third-order valence-corrected chi connectivity index (χ3v) is 3.41. The van der Waals surface area contributed by atoms with Gasteiger partial charge in [0.25, 0.3) is 0 Å². The van der Waals surface area contributed by atoms with Crippen molar-refractivity contribution in [3.63, 3.8) is 0 Å². The predicted molar refractivity (Wildman–Crippen MR) is 71.7 cm³/mol. The fraction of sp³-hybridized carbons (Fsp3) is 1.00. The summed E-state index contributed by atoms with van der Waals surface area (Å²) in [5, 5.41) is 7.28. The molecular weight excluding hydrogens is 196 g/mol. The van der Waals surface area contributed by atoms with E-state index < -0.39 is 0 Å². The lowest BCUT2D eigenvalue weighted by atomic mass is 9.83. The van der Waals surface area contributed by atoms with Crippen LogP contribution in [-0.2, 0) is 0 Å². The fourth-order valence-corrected chi connectivity index (χ4v) is 2.90. The zero-order chi connectivity index (χ0) is 12.4. The average molecular weight is 226 g/mol. The van der Waals surface area contributed by atoms with Gasteiger partial charge in [-0.2, -0.15) is 0 Å². The Morgan fingerprint density at radius 3 is 2.44 bits per heavy atom. The van der Waals surface area contributed by atoms with Crippen molar-refractivity contribution in [3.8, 4) is 0 Å². The van der Waals surface area contributed by atoms with Crippen LogP contribution in [0.3, 0.4) is 0 Å². The molecule has 1 aliphatic rings. The van der Waals surface area contributed by atoms with Gasteiger partial charge in [-0.1, -0.05) is 27.7 Å². The van der Waals surface area contributed by atoms with Crippen LogP contribution in [0.15, 0.2) is 0 Å². The Hall–Kier alpha value is -0.0800. The van der Waals surface area contributed by atoms with Gasteiger partial charge in [-0.3, -0.25) is 0 Å². The van der Waals surface area contributed by atoms with Crippen LogP contribution in [0.25, 0.3) is 0 Å². The Morgan fingerprint density at radius 1 is 1.38 bits per heavy atom. The first-order valence-corrected chi connectivity index (χ1v) is 6.69. The molecule has 0 aromatic heterocycles. The Bertz CT molecular complexity index is 219. The summed E-state index contributed by atoms with van der Waals surface area (Å²) in [6.07, 6.45) is 2.54. The topological polar surface area (TPSA) is 24.1 Å². The van der Waals surface area contributed by atoms with E-state index in [0.29, 0.717) is 17.0 Å². The molecule has 96 valence electrons. The van der Waals surface area contributed by atoms with Crippen LogP contribution >= 0.6 is 0 Å². The van der Waals surface area contributed by atoms with Crippen molar-refractivity contribution in [1.29, 1.82) is 0 Å². The van der Waals surface area contributed by atoms with E-state index >= 15 is 0 Å². The van der Waals surface area contributed by atoms with E-state index in [1.54, 1.807) is 0 Å². The summed E-state index contributed by atoms with van der Waals surface area (Å²) in [5.74, 6) is 0.787. The summed E-state index contributed by atoms with van der Waals surface area (Å²) >= 11 is 0. The van der Waals surface area contributed by atoms with Crippen molar-refractivity contribution < 1.29 is 0 Å². The second-order valence-electron chi connectivity index (χ2n) is 7.31. The highest BCUT2D eigenvalue weighted by molar-refractivity contribution is 4.93. The lowest BCUT2D eigenvalue weighted by molar-refractivity contribution is 0.262. The largest absolute Gasteiger partial charge is 0.312 e. The molecule has 0 amide bonds. The van der Waals surface area contributed by atoms with Crippen molar-refractivity contribution in [2.75, 3.05) is 13.1 Å². The highest BCUT2D eigenvalue weighted by Gasteiger charge is 2.31. The van der Waals surface area contributed by atoms with Crippen molar-refractivity contribution >= 4 is 0 Å². The van der Waals surface area contributed by atoms with Crippen LogP contribution in [0.4, 0.5) is 0 Å². The van der Waals surface area contributed by atoms with Crippen molar-refractivity contribution in [2.45, 2.75) is 66.0 Å². The zero-order valence-electron chi connectivity index (χ0n) is 12.0. The molecule has 0 saturated carbocycles. The molecule has 0 radical (unpaired) electrons. The number of hydrogen-bond acceptors (Lipinski definition) is 2. The molecule has 2 nitrogen and oxygen atoms in total. The minimum Gasteiger partial charge on any atom is -0.312 e. The number of rotatable bonds is 5. The third-order valence-electron chi connectivity index (χ3n) is 3.41. The zero-order valence-corrected chi connectivity index (χ0v) is 12.0. The molecule has 1 saturated heterocycles. The van der Waals surface area contributed by atoms with Gasteiger partial charge in [-0.15, -0.1) is 0 Å². The molecule has 1 unspecified atom stereocenters. The Morgan fingerprint density at radius 2 is 2.00 bits per heavy atom. The van der Waals surface area contributed by atoms with E-state index in [-0.39, 0.29) is 0 Å². The van der Waals surface area contributed by atoms with E-state index in [1.807, 2.05) is 0 Å². The van der Waals surface area contributed by atoms with Gasteiger partial charge in [0.05, 0.1) is 0 Å². The first kappa shape index (κ1) is 14.0. The molecule has 1 rings (SSSR count). The Labute approximate surface area is 102 Å². The van der Waals surface area contributed by atoms with Crippen LogP contribution in [-0.4, -0.2) is 24.7 Å². The normalized spacial score (nSPS) is 25.3. The van der Waals surface area contributed by atoms with Gasteiger partial charge in [-0.25, -0.2) is 0 Å². The summed E-state index contributed by atoms with van der Waals surface area (Å²) in [6.45, 7) is 16.2. The number of nitrogens with one attached hydrogen (secondary N) is 2. The van der Waals surface area contributed by atoms with Gasteiger partial charge >= 0.3 is 0 Å². The summed E-state index contributed by atoms with van der Waals surface area (Å²) < 4.78 is 0. The minimum atomic E-state index is 0.319. The van der Waals surface area contributed by atoms with Crippen molar-refractivity contribution in [2.24, 2.45) is 11.3 Å². The van der Waals surface area contributed by atoms with Crippen LogP contribution in [0, 0.1) is 11.3 Å². The summed E-state index contributed by atoms with van der Waals surface area (Å²) in [5.41, 5.74) is 0.737. The molecule has 2 heteroatoms. The van der Waals surface area contributed by atoms with Crippen LogP contribution in [0.2, 0.25) is 0 Å². The number of hydrogen-bond donors (Lipinski definition) is 2. The average Bonchev–Trinajstić information content (AvgIpc) is 2.40. The highest BCUT2D eigenvalue weighted by Crippen LogP contribution is 2.25. The van der Waals surface area contributed by atoms with Gasteiger partial charge in [0.15, 0.2) is 0 Å². The molecule has 0 aromatic rings. The summed E-state index contributed by atoms with van der Waals surface area (Å²) in [4.78, 5) is 0. The molecule has 0 aromatic carbocycles. The third kappa shape index (κ3) is 4.84. The fourth-order valence-electron chi connectivity index (χ4n) is 2.90. The lowest BCUT2D eigenvalue weighted by Gasteiger charge is -2.29. The molecule has 16 heavy (non-hydrogen) atoms. The monoisotopic (exact) mass is 226 g/mol. The van der Waals surface area contributed by atoms with Gasteiger partial charge in [0.1, 0.15) is 0 Å². The van der Waals surface area contributed by atoms with Crippen molar-refractivity contribution in [1.82, 2.24) is 10.6 Å². The maximum absolute atomic E-state index is 3.72. The van der Waals surface area contributed by atoms with E-state index in [9.17, 15) is 0 Å². The second kappa shape index (κ2) is 5.05. The Kier molecular flexibility index (Phi) is 4.42. The van der Waals surface area contributed by atoms with E-state index in [2.05, 4.69) is 52.2 Å². The first-order chi connectivity index (χ1) is 7.20. The molecule has 1 fully saturated rings. The highest BCUT2D eigenvalue weighted by atomic mass is 15.1. The molecule has 1 heterocycles. The maximum Gasteiger partial charge on any atom is 0.0210 e. The second-order valence-corrected chi connectivity index (χ2v) is 7.31. The van der Waals surface area contributed by atoms with Crippen molar-refractivity contribution in [3.05, 3.63) is 0 Å². The molecular formula is C14H30N2. The van der Waals surface area contributed by atoms with Gasteiger partial charge in [0.2, 0.25) is 0 Å². The molecule has 0 aliphatic carbocycles. The molecule has 0 bridgehead atoms. The molecule has 0 spiro atoms. The quantitative estimate of drug-likeness (QED) is 0.753. The SMILES string of the molecule is CC(C)CC(C)(C)CNC1CNC(C)(C)C1. The summed E-state index contributed by atoms with van der Waals surface area (Å²) in [7, 11) is 0. The predicted octanol–water partition coefficient (Wildman–Crippen LogP) is 2.79.